The van der Waals surface area contributed by atoms with E-state index in [-0.39, 0.29) is 5.91 Å². The summed E-state index contributed by atoms with van der Waals surface area (Å²) in [6.45, 7) is 0.777. The van der Waals surface area contributed by atoms with Gasteiger partial charge in [0.2, 0.25) is 0 Å². The van der Waals surface area contributed by atoms with Crippen molar-refractivity contribution in [3.05, 3.63) is 21.4 Å². The molecule has 2 unspecified atom stereocenters. The molecule has 1 fully saturated rings. The number of fused-ring (bicyclic) bond motifs is 1. The predicted octanol–water partition coefficient (Wildman–Crippen LogP) is 3.67. The summed E-state index contributed by atoms with van der Waals surface area (Å²) in [6, 6.07) is 2.08. The molecule has 2 nitrogen and oxygen atoms in total. The molecule has 2 aliphatic rings. The Morgan fingerprint density at radius 1 is 1.47 bits per heavy atom. The number of carbonyl (C=O) groups is 1. The van der Waals surface area contributed by atoms with Crippen LogP contribution in [0.5, 0.6) is 0 Å². The molecule has 1 saturated carbocycles. The molecule has 1 aliphatic heterocycles. The minimum atomic E-state index is 0.0995. The average Bonchev–Trinajstić information content (AvgIpc) is 3.01. The summed E-state index contributed by atoms with van der Waals surface area (Å²) in [5.74, 6) is 2.92. The Morgan fingerprint density at radius 3 is 3.11 bits per heavy atom. The van der Waals surface area contributed by atoms with Gasteiger partial charge in [-0.1, -0.05) is 0 Å². The molecule has 2 atom stereocenters. The molecule has 2 heterocycles. The molecule has 1 aliphatic carbocycles. The first-order valence-electron chi connectivity index (χ1n) is 6.84. The first-order chi connectivity index (χ1) is 9.22. The zero-order chi connectivity index (χ0) is 13.2. The quantitative estimate of drug-likeness (QED) is 0.862. The lowest BCUT2D eigenvalue weighted by Gasteiger charge is -2.09. The summed E-state index contributed by atoms with van der Waals surface area (Å²) in [5, 5.41) is 3.39. The van der Waals surface area contributed by atoms with Crippen molar-refractivity contribution in [1.29, 1.82) is 0 Å². The number of alkyl halides is 1. The van der Waals surface area contributed by atoms with E-state index in [0.717, 1.165) is 42.9 Å². The van der Waals surface area contributed by atoms with Crippen LogP contribution in [0.2, 0.25) is 0 Å². The molecular weight excluding hydrogens is 298 g/mol. The Bertz CT molecular complexity index is 451. The van der Waals surface area contributed by atoms with Crippen molar-refractivity contribution in [2.75, 3.05) is 12.3 Å². The van der Waals surface area contributed by atoms with Gasteiger partial charge >= 0.3 is 0 Å². The van der Waals surface area contributed by atoms with Gasteiger partial charge in [0, 0.05) is 22.6 Å². The van der Waals surface area contributed by atoms with Crippen LogP contribution in [-0.4, -0.2) is 23.6 Å². The van der Waals surface area contributed by atoms with Crippen molar-refractivity contribution >= 4 is 40.6 Å². The van der Waals surface area contributed by atoms with Crippen LogP contribution in [0.3, 0.4) is 0 Å². The third kappa shape index (κ3) is 3.29. The summed E-state index contributed by atoms with van der Waals surface area (Å²) in [4.78, 5) is 14.5. The van der Waals surface area contributed by atoms with E-state index in [0.29, 0.717) is 11.3 Å². The summed E-state index contributed by atoms with van der Waals surface area (Å²) < 4.78 is 0. The second-order valence-electron chi connectivity index (χ2n) is 5.35. The summed E-state index contributed by atoms with van der Waals surface area (Å²) in [7, 11) is 0. The van der Waals surface area contributed by atoms with Gasteiger partial charge < -0.3 is 5.32 Å². The van der Waals surface area contributed by atoms with Gasteiger partial charge in [0.15, 0.2) is 0 Å². The van der Waals surface area contributed by atoms with Crippen molar-refractivity contribution in [1.82, 2.24) is 5.32 Å². The summed E-state index contributed by atoms with van der Waals surface area (Å²) >= 11 is 9.73. The average molecular weight is 316 g/mol. The van der Waals surface area contributed by atoms with E-state index in [9.17, 15) is 4.79 Å². The SMILES string of the molecule is O=C(NCC1CCC(Cl)C1)c1cc2c(s1)CCSC2. The van der Waals surface area contributed by atoms with E-state index in [1.807, 2.05) is 11.8 Å². The molecular formula is C14H18ClNOS2. The second-order valence-corrected chi connectivity index (χ2v) is 8.21. The fraction of sp³-hybridized carbons (Fsp3) is 0.643. The predicted molar refractivity (Wildman–Crippen MR) is 83.5 cm³/mol. The highest BCUT2D eigenvalue weighted by Gasteiger charge is 2.24. The fourth-order valence-electron chi connectivity index (χ4n) is 2.78. The molecule has 104 valence electrons. The number of carbonyl (C=O) groups excluding carboxylic acids is 1. The first kappa shape index (κ1) is 13.8. The van der Waals surface area contributed by atoms with Gasteiger partial charge in [-0.25, -0.2) is 0 Å². The minimum absolute atomic E-state index is 0.0995. The Balaban J connectivity index is 1.56. The number of aryl methyl sites for hydroxylation is 1. The van der Waals surface area contributed by atoms with Gasteiger partial charge in [-0.3, -0.25) is 4.79 Å². The molecule has 1 amide bonds. The van der Waals surface area contributed by atoms with Crippen molar-refractivity contribution in [2.24, 2.45) is 5.92 Å². The Kier molecular flexibility index (Phi) is 4.40. The summed E-state index contributed by atoms with van der Waals surface area (Å²) in [6.07, 6.45) is 4.40. The number of thioether (sulfide) groups is 1. The van der Waals surface area contributed by atoms with E-state index in [1.165, 1.54) is 16.2 Å². The minimum Gasteiger partial charge on any atom is -0.351 e. The smallest absolute Gasteiger partial charge is 0.261 e. The fourth-order valence-corrected chi connectivity index (χ4v) is 5.45. The largest absolute Gasteiger partial charge is 0.351 e. The normalized spacial score (nSPS) is 26.2. The third-order valence-electron chi connectivity index (χ3n) is 3.88. The van der Waals surface area contributed by atoms with Gasteiger partial charge in [0.05, 0.1) is 4.88 Å². The van der Waals surface area contributed by atoms with E-state index in [4.69, 9.17) is 11.6 Å². The highest BCUT2D eigenvalue weighted by atomic mass is 35.5. The molecule has 0 radical (unpaired) electrons. The molecule has 3 rings (SSSR count). The van der Waals surface area contributed by atoms with Crippen LogP contribution in [0.4, 0.5) is 0 Å². The Hall–Kier alpha value is -0.190. The summed E-state index contributed by atoms with van der Waals surface area (Å²) in [5.41, 5.74) is 1.37. The van der Waals surface area contributed by atoms with E-state index >= 15 is 0 Å². The molecule has 0 spiro atoms. The lowest BCUT2D eigenvalue weighted by atomic mass is 10.1. The number of thiophene rings is 1. The van der Waals surface area contributed by atoms with Crippen molar-refractivity contribution in [3.8, 4) is 0 Å². The molecule has 0 aromatic carbocycles. The van der Waals surface area contributed by atoms with Crippen molar-refractivity contribution in [3.63, 3.8) is 0 Å². The van der Waals surface area contributed by atoms with Gasteiger partial charge in [-0.05, 0) is 49.0 Å². The van der Waals surface area contributed by atoms with Crippen LogP contribution in [0, 0.1) is 5.92 Å². The van der Waals surface area contributed by atoms with Gasteiger partial charge in [-0.15, -0.1) is 22.9 Å². The zero-order valence-electron chi connectivity index (χ0n) is 10.8. The lowest BCUT2D eigenvalue weighted by molar-refractivity contribution is 0.0951. The number of amides is 1. The number of hydrogen-bond acceptors (Lipinski definition) is 3. The number of hydrogen-bond donors (Lipinski definition) is 1. The number of rotatable bonds is 3. The maximum atomic E-state index is 12.2. The monoisotopic (exact) mass is 315 g/mol. The number of halogens is 1. The molecule has 1 aromatic rings. The van der Waals surface area contributed by atoms with Crippen LogP contribution in [0.25, 0.3) is 0 Å². The standard InChI is InChI=1S/C14H18ClNOS2/c15-11-2-1-9(5-11)7-16-14(17)13-6-10-8-18-4-3-12(10)19-13/h6,9,11H,1-5,7-8H2,(H,16,17). The van der Waals surface area contributed by atoms with Gasteiger partial charge in [0.1, 0.15) is 0 Å². The molecule has 19 heavy (non-hydrogen) atoms. The van der Waals surface area contributed by atoms with Crippen molar-refractivity contribution < 1.29 is 4.79 Å². The molecule has 1 N–H and O–H groups in total. The van der Waals surface area contributed by atoms with Crippen LogP contribution in [0.15, 0.2) is 6.07 Å². The van der Waals surface area contributed by atoms with E-state index in [2.05, 4.69) is 11.4 Å². The van der Waals surface area contributed by atoms with Crippen LogP contribution in [0.1, 0.15) is 39.4 Å². The molecule has 0 bridgehead atoms. The maximum absolute atomic E-state index is 12.2. The zero-order valence-corrected chi connectivity index (χ0v) is 13.2. The lowest BCUT2D eigenvalue weighted by Crippen LogP contribution is -2.27. The molecule has 5 heteroatoms. The van der Waals surface area contributed by atoms with E-state index < -0.39 is 0 Å². The van der Waals surface area contributed by atoms with Crippen LogP contribution < -0.4 is 5.32 Å². The highest BCUT2D eigenvalue weighted by Crippen LogP contribution is 2.32. The van der Waals surface area contributed by atoms with Crippen LogP contribution >= 0.6 is 34.7 Å². The molecule has 0 saturated heterocycles. The molecule has 1 aromatic heterocycles. The second kappa shape index (κ2) is 6.06. The van der Waals surface area contributed by atoms with E-state index in [1.54, 1.807) is 11.3 Å². The first-order valence-corrected chi connectivity index (χ1v) is 9.24. The van der Waals surface area contributed by atoms with Crippen LogP contribution in [-0.2, 0) is 12.2 Å². The van der Waals surface area contributed by atoms with Gasteiger partial charge in [-0.2, -0.15) is 11.8 Å². The highest BCUT2D eigenvalue weighted by molar-refractivity contribution is 7.98. The third-order valence-corrected chi connectivity index (χ3v) is 6.52. The Labute approximate surface area is 127 Å². The topological polar surface area (TPSA) is 29.1 Å². The Morgan fingerprint density at radius 2 is 2.37 bits per heavy atom. The van der Waals surface area contributed by atoms with Gasteiger partial charge in [0.25, 0.3) is 5.91 Å². The maximum Gasteiger partial charge on any atom is 0.261 e. The van der Waals surface area contributed by atoms with Crippen molar-refractivity contribution in [2.45, 2.75) is 36.8 Å². The number of nitrogens with one attached hydrogen (secondary N) is 1.